The molecule has 2 aromatic rings. The van der Waals surface area contributed by atoms with Gasteiger partial charge in [0.15, 0.2) is 10.8 Å². The van der Waals surface area contributed by atoms with E-state index in [2.05, 4.69) is 25.0 Å². The molecule has 2 aliphatic rings. The second kappa shape index (κ2) is 9.89. The fourth-order valence-electron chi connectivity index (χ4n) is 4.00. The van der Waals surface area contributed by atoms with Crippen molar-refractivity contribution in [1.29, 1.82) is 0 Å². The summed E-state index contributed by atoms with van der Waals surface area (Å²) in [5, 5.41) is 8.37. The molecule has 0 saturated heterocycles. The van der Waals surface area contributed by atoms with Crippen molar-refractivity contribution in [1.82, 2.24) is 4.91 Å². The molecular formula is C23H25F3N5OS+. The maximum absolute atomic E-state index is 12.6. The highest BCUT2D eigenvalue weighted by atomic mass is 32.2. The molecule has 0 aromatic heterocycles. The Morgan fingerprint density at radius 2 is 2.00 bits per heavy atom. The van der Waals surface area contributed by atoms with Crippen molar-refractivity contribution in [2.75, 3.05) is 30.8 Å². The van der Waals surface area contributed by atoms with Gasteiger partial charge in [-0.25, -0.2) is 0 Å². The normalized spacial score (nSPS) is 18.8. The smallest absolute Gasteiger partial charge is 0.374 e. The van der Waals surface area contributed by atoms with Crippen molar-refractivity contribution in [3.8, 4) is 0 Å². The fraction of sp³-hybridized carbons (Fsp3) is 0.391. The largest absolute Gasteiger partial charge is 0.389 e. The zero-order valence-electron chi connectivity index (χ0n) is 18.2. The van der Waals surface area contributed by atoms with E-state index in [0.29, 0.717) is 22.8 Å². The summed E-state index contributed by atoms with van der Waals surface area (Å²) < 4.78 is 37.7. The summed E-state index contributed by atoms with van der Waals surface area (Å²) in [7, 11) is 1.16. The second-order valence-corrected chi connectivity index (χ2v) is 10.4. The van der Waals surface area contributed by atoms with Gasteiger partial charge in [-0.1, -0.05) is 6.07 Å². The molecule has 0 fully saturated rings. The number of halogens is 3. The zero-order chi connectivity index (χ0) is 23.4. The van der Waals surface area contributed by atoms with E-state index >= 15 is 0 Å². The number of benzene rings is 2. The van der Waals surface area contributed by atoms with Crippen LogP contribution >= 0.6 is 10.9 Å². The third kappa shape index (κ3) is 5.89. The topological polar surface area (TPSA) is 71.5 Å². The molecule has 0 spiro atoms. The van der Waals surface area contributed by atoms with E-state index in [0.717, 1.165) is 35.7 Å². The highest BCUT2D eigenvalue weighted by Gasteiger charge is 2.30. The standard InChI is InChI=1S/C23H25F3N5OS/c1-31-13-2-3-16-4-7-18(15-20(16)31)28-30-29-22(32)17-5-8-19(9-6-17)33-14-12-27-21(33)10-11-23(24,25)26/h4-9,15,33H,2-3,10-14H2,1H3/q+1. The molecule has 2 heterocycles. The summed E-state index contributed by atoms with van der Waals surface area (Å²) in [6, 6.07) is 12.6. The van der Waals surface area contributed by atoms with Crippen LogP contribution < -0.4 is 9.81 Å². The lowest BCUT2D eigenvalue weighted by Crippen LogP contribution is -2.24. The SMILES string of the molecule is CN1CCCc2ccc(N=[N+]=NC(=O)c3ccc([SH]4CCN=C4CCC(F)(F)F)cc3)cc21. The van der Waals surface area contributed by atoms with Crippen molar-refractivity contribution >= 4 is 33.2 Å². The van der Waals surface area contributed by atoms with Crippen molar-refractivity contribution in [2.24, 2.45) is 15.2 Å². The minimum absolute atomic E-state index is 0.0654. The molecule has 10 heteroatoms. The Bertz CT molecular complexity index is 1120. The first-order chi connectivity index (χ1) is 15.8. The number of nitrogens with zero attached hydrogens (tertiary/aromatic N) is 5. The first-order valence-corrected chi connectivity index (χ1v) is 12.3. The van der Waals surface area contributed by atoms with Gasteiger partial charge in [-0.15, -0.1) is 0 Å². The lowest BCUT2D eigenvalue weighted by molar-refractivity contribution is -0.132. The molecule has 1 atom stereocenters. The lowest BCUT2D eigenvalue weighted by Gasteiger charge is -2.27. The number of aryl methyl sites for hydroxylation is 1. The van der Waals surface area contributed by atoms with Crippen LogP contribution in [0.25, 0.3) is 0 Å². The van der Waals surface area contributed by atoms with Gasteiger partial charge in [-0.2, -0.15) is 24.1 Å². The first-order valence-electron chi connectivity index (χ1n) is 10.8. The van der Waals surface area contributed by atoms with E-state index in [9.17, 15) is 18.0 Å². The van der Waals surface area contributed by atoms with Gasteiger partial charge in [0.05, 0.1) is 5.04 Å². The summed E-state index contributed by atoms with van der Waals surface area (Å²) >= 11 is 0. The Labute approximate surface area is 192 Å². The van der Waals surface area contributed by atoms with Crippen LogP contribution in [0.5, 0.6) is 0 Å². The molecule has 2 aromatic carbocycles. The van der Waals surface area contributed by atoms with Crippen LogP contribution in [0.4, 0.5) is 24.5 Å². The number of aliphatic imine (C=N–C) groups is 1. The molecule has 2 aliphatic heterocycles. The van der Waals surface area contributed by atoms with E-state index < -0.39 is 29.4 Å². The van der Waals surface area contributed by atoms with Gasteiger partial charge in [0, 0.05) is 50.0 Å². The Kier molecular flexibility index (Phi) is 6.95. The molecule has 0 radical (unpaired) electrons. The number of thiol groups is 1. The van der Waals surface area contributed by atoms with Crippen LogP contribution in [0.3, 0.4) is 0 Å². The molecular weight excluding hydrogens is 451 g/mol. The lowest BCUT2D eigenvalue weighted by atomic mass is 10.0. The first kappa shape index (κ1) is 23.2. The van der Waals surface area contributed by atoms with Gasteiger partial charge < -0.3 is 4.90 Å². The molecule has 4 rings (SSSR count). The minimum atomic E-state index is -4.19. The quantitative estimate of drug-likeness (QED) is 0.345. The van der Waals surface area contributed by atoms with Crippen LogP contribution in [-0.4, -0.2) is 43.0 Å². The number of alkyl halides is 3. The second-order valence-electron chi connectivity index (χ2n) is 8.04. The molecule has 6 nitrogen and oxygen atoms in total. The Balaban J connectivity index is 1.41. The Hall–Kier alpha value is -2.97. The third-order valence-corrected chi connectivity index (χ3v) is 8.26. The van der Waals surface area contributed by atoms with E-state index in [1.807, 2.05) is 25.2 Å². The van der Waals surface area contributed by atoms with Crippen LogP contribution in [0.2, 0.25) is 0 Å². The molecule has 174 valence electrons. The van der Waals surface area contributed by atoms with Crippen molar-refractivity contribution in [2.45, 2.75) is 36.8 Å². The number of anilines is 1. The molecule has 1 amide bonds. The van der Waals surface area contributed by atoms with Gasteiger partial charge in [0.1, 0.15) is 0 Å². The van der Waals surface area contributed by atoms with Crippen LogP contribution in [0.1, 0.15) is 35.2 Å². The molecule has 0 N–H and O–H groups in total. The summed E-state index contributed by atoms with van der Waals surface area (Å²) in [5.41, 5.74) is 3.37. The summed E-state index contributed by atoms with van der Waals surface area (Å²) in [6.07, 6.45) is -2.95. The summed E-state index contributed by atoms with van der Waals surface area (Å²) in [4.78, 5) is 23.4. The van der Waals surface area contributed by atoms with Gasteiger partial charge in [0.2, 0.25) is 10.0 Å². The van der Waals surface area contributed by atoms with Crippen LogP contribution in [0.15, 0.2) is 62.6 Å². The monoisotopic (exact) mass is 476 g/mol. The van der Waals surface area contributed by atoms with Crippen molar-refractivity contribution in [3.63, 3.8) is 0 Å². The molecule has 0 aliphatic carbocycles. The van der Waals surface area contributed by atoms with E-state index in [-0.39, 0.29) is 6.42 Å². The molecule has 33 heavy (non-hydrogen) atoms. The van der Waals surface area contributed by atoms with Gasteiger partial charge in [0.25, 0.3) is 0 Å². The number of rotatable bonds is 5. The summed E-state index contributed by atoms with van der Waals surface area (Å²) in [6.45, 7) is 1.54. The number of hydrogen-bond acceptors (Lipinski definition) is 4. The average Bonchev–Trinajstić information content (AvgIpc) is 3.26. The predicted molar refractivity (Wildman–Crippen MR) is 125 cm³/mol. The predicted octanol–water partition coefficient (Wildman–Crippen LogP) is 5.63. The van der Waals surface area contributed by atoms with E-state index in [4.69, 9.17) is 0 Å². The van der Waals surface area contributed by atoms with Gasteiger partial charge in [-0.05, 0) is 59.7 Å². The zero-order valence-corrected chi connectivity index (χ0v) is 19.1. The Morgan fingerprint density at radius 1 is 1.21 bits per heavy atom. The van der Waals surface area contributed by atoms with Crippen LogP contribution in [0, 0.1) is 0 Å². The fourth-order valence-corrected chi connectivity index (χ4v) is 6.28. The number of amides is 1. The van der Waals surface area contributed by atoms with Gasteiger partial charge >= 0.3 is 12.1 Å². The minimum Gasteiger partial charge on any atom is -0.374 e. The number of carbonyl (C=O) groups is 1. The highest BCUT2D eigenvalue weighted by molar-refractivity contribution is 8.30. The van der Waals surface area contributed by atoms with Gasteiger partial charge in [-0.3, -0.25) is 9.79 Å². The molecule has 1 unspecified atom stereocenters. The molecule has 0 bridgehead atoms. The number of hydrogen-bond donors (Lipinski definition) is 1. The van der Waals surface area contributed by atoms with Crippen molar-refractivity contribution < 1.29 is 18.0 Å². The summed E-state index contributed by atoms with van der Waals surface area (Å²) in [5.74, 6) is 0.218. The van der Waals surface area contributed by atoms with E-state index in [1.165, 1.54) is 5.56 Å². The molecule has 0 saturated carbocycles. The Morgan fingerprint density at radius 3 is 2.76 bits per heavy atom. The number of fused-ring (bicyclic) bond motifs is 1. The van der Waals surface area contributed by atoms with E-state index in [1.54, 1.807) is 24.3 Å². The van der Waals surface area contributed by atoms with Crippen molar-refractivity contribution in [3.05, 3.63) is 53.6 Å². The maximum atomic E-state index is 12.6. The third-order valence-electron chi connectivity index (χ3n) is 5.70. The highest BCUT2D eigenvalue weighted by Crippen LogP contribution is 2.43. The van der Waals surface area contributed by atoms with Crippen LogP contribution in [-0.2, 0) is 6.42 Å². The maximum Gasteiger partial charge on any atom is 0.389 e. The number of carbonyl (C=O) groups excluding carboxylic acids is 1. The average molecular weight is 477 g/mol.